The Morgan fingerprint density at radius 3 is 2.42 bits per heavy atom. The lowest BCUT2D eigenvalue weighted by molar-refractivity contribution is 0.180. The molecule has 2 heterocycles. The molecule has 1 aliphatic rings. The zero-order chi connectivity index (χ0) is 17.3. The van der Waals surface area contributed by atoms with E-state index in [1.54, 1.807) is 22.5 Å². The fourth-order valence-electron chi connectivity index (χ4n) is 3.00. The molecule has 1 saturated heterocycles. The van der Waals surface area contributed by atoms with Crippen molar-refractivity contribution in [2.45, 2.75) is 32.2 Å². The molecule has 1 aliphatic heterocycles. The van der Waals surface area contributed by atoms with Gasteiger partial charge in [-0.25, -0.2) is 8.42 Å². The number of nitrogens with zero attached hydrogens (tertiary/aromatic N) is 3. The summed E-state index contributed by atoms with van der Waals surface area (Å²) in [5.41, 5.74) is 2.96. The summed E-state index contributed by atoms with van der Waals surface area (Å²) in [6.45, 7) is 8.90. The van der Waals surface area contributed by atoms with Gasteiger partial charge in [-0.2, -0.15) is 4.31 Å². The van der Waals surface area contributed by atoms with Crippen LogP contribution in [-0.4, -0.2) is 49.0 Å². The molecule has 7 heteroatoms. The molecule has 6 nitrogen and oxygen atoms in total. The van der Waals surface area contributed by atoms with Gasteiger partial charge in [0, 0.05) is 38.3 Å². The van der Waals surface area contributed by atoms with Crippen LogP contribution in [0.2, 0.25) is 0 Å². The zero-order valence-corrected chi connectivity index (χ0v) is 15.1. The van der Waals surface area contributed by atoms with Crippen LogP contribution in [-0.2, 0) is 16.6 Å². The van der Waals surface area contributed by atoms with Gasteiger partial charge in [-0.3, -0.25) is 4.90 Å². The molecule has 0 saturated carbocycles. The minimum atomic E-state index is -3.41. The molecular weight excluding hydrogens is 326 g/mol. The van der Waals surface area contributed by atoms with Crippen molar-refractivity contribution in [1.29, 1.82) is 0 Å². The van der Waals surface area contributed by atoms with E-state index in [1.807, 2.05) is 26.8 Å². The molecule has 0 N–H and O–H groups in total. The summed E-state index contributed by atoms with van der Waals surface area (Å²) in [7, 11) is -3.41. The second kappa shape index (κ2) is 6.66. The molecule has 1 aromatic carbocycles. The van der Waals surface area contributed by atoms with Gasteiger partial charge in [0.25, 0.3) is 0 Å². The van der Waals surface area contributed by atoms with Gasteiger partial charge < -0.3 is 4.52 Å². The highest BCUT2D eigenvalue weighted by atomic mass is 32.2. The van der Waals surface area contributed by atoms with Crippen molar-refractivity contribution in [1.82, 2.24) is 14.4 Å². The number of aromatic nitrogens is 1. The van der Waals surface area contributed by atoms with Gasteiger partial charge in [0.1, 0.15) is 5.76 Å². The third-order valence-corrected chi connectivity index (χ3v) is 6.42. The number of hydrogen-bond acceptors (Lipinski definition) is 5. The van der Waals surface area contributed by atoms with E-state index in [4.69, 9.17) is 4.52 Å². The Bertz CT molecular complexity index is 802. The van der Waals surface area contributed by atoms with Crippen molar-refractivity contribution in [2.24, 2.45) is 0 Å². The van der Waals surface area contributed by atoms with Crippen LogP contribution < -0.4 is 0 Å². The van der Waals surface area contributed by atoms with Crippen LogP contribution in [0.4, 0.5) is 0 Å². The molecule has 0 unspecified atom stereocenters. The van der Waals surface area contributed by atoms with Crippen LogP contribution in [0.3, 0.4) is 0 Å². The average Bonchev–Trinajstić information content (AvgIpc) is 2.87. The molecule has 0 radical (unpaired) electrons. The van der Waals surface area contributed by atoms with Gasteiger partial charge in [-0.05, 0) is 38.5 Å². The molecule has 130 valence electrons. The van der Waals surface area contributed by atoms with Crippen molar-refractivity contribution in [2.75, 3.05) is 26.2 Å². The third-order valence-electron chi connectivity index (χ3n) is 4.52. The topological polar surface area (TPSA) is 66.7 Å². The number of benzene rings is 1. The van der Waals surface area contributed by atoms with Gasteiger partial charge in [0.15, 0.2) is 0 Å². The van der Waals surface area contributed by atoms with E-state index < -0.39 is 10.0 Å². The molecule has 0 bridgehead atoms. The molecule has 1 aromatic heterocycles. The molecule has 0 spiro atoms. The van der Waals surface area contributed by atoms with Gasteiger partial charge in [-0.1, -0.05) is 17.3 Å². The van der Waals surface area contributed by atoms with E-state index in [-0.39, 0.29) is 0 Å². The lowest BCUT2D eigenvalue weighted by Gasteiger charge is -2.33. The number of sulfonamides is 1. The summed E-state index contributed by atoms with van der Waals surface area (Å²) in [5, 5.41) is 3.98. The minimum Gasteiger partial charge on any atom is -0.361 e. The van der Waals surface area contributed by atoms with Crippen molar-refractivity contribution in [3.05, 3.63) is 46.8 Å². The monoisotopic (exact) mass is 349 g/mol. The van der Waals surface area contributed by atoms with Crippen LogP contribution >= 0.6 is 0 Å². The molecule has 3 rings (SSSR count). The van der Waals surface area contributed by atoms with Crippen LogP contribution in [0.5, 0.6) is 0 Å². The predicted molar refractivity (Wildman–Crippen MR) is 91.2 cm³/mol. The smallest absolute Gasteiger partial charge is 0.243 e. The molecule has 24 heavy (non-hydrogen) atoms. The predicted octanol–water partition coefficient (Wildman–Crippen LogP) is 2.11. The van der Waals surface area contributed by atoms with Gasteiger partial charge in [0.2, 0.25) is 10.0 Å². The maximum atomic E-state index is 12.8. The Labute approximate surface area is 143 Å². The first-order chi connectivity index (χ1) is 11.4. The van der Waals surface area contributed by atoms with Crippen LogP contribution in [0.15, 0.2) is 33.7 Å². The maximum Gasteiger partial charge on any atom is 0.243 e. The Morgan fingerprint density at radius 2 is 1.83 bits per heavy atom. The summed E-state index contributed by atoms with van der Waals surface area (Å²) in [6.07, 6.45) is 0. The number of rotatable bonds is 4. The van der Waals surface area contributed by atoms with E-state index in [1.165, 1.54) is 0 Å². The summed E-state index contributed by atoms with van der Waals surface area (Å²) in [5.74, 6) is 0.835. The SMILES string of the molecule is Cc1cccc(S(=O)(=O)N2CCN(Cc3c(C)noc3C)CC2)c1. The largest absolute Gasteiger partial charge is 0.361 e. The average molecular weight is 349 g/mol. The Kier molecular flexibility index (Phi) is 4.76. The lowest BCUT2D eigenvalue weighted by atomic mass is 10.2. The van der Waals surface area contributed by atoms with E-state index in [0.29, 0.717) is 31.1 Å². The number of aryl methyl sites for hydroxylation is 3. The van der Waals surface area contributed by atoms with Crippen LogP contribution in [0.1, 0.15) is 22.6 Å². The van der Waals surface area contributed by atoms with Crippen molar-refractivity contribution >= 4 is 10.0 Å². The van der Waals surface area contributed by atoms with Crippen LogP contribution in [0, 0.1) is 20.8 Å². The fourth-order valence-corrected chi connectivity index (χ4v) is 4.53. The molecule has 0 atom stereocenters. The highest BCUT2D eigenvalue weighted by Gasteiger charge is 2.29. The second-order valence-electron chi connectivity index (χ2n) is 6.30. The highest BCUT2D eigenvalue weighted by molar-refractivity contribution is 7.89. The molecule has 1 fully saturated rings. The molecular formula is C17H23N3O3S. The Balaban J connectivity index is 1.66. The Morgan fingerprint density at radius 1 is 1.12 bits per heavy atom. The summed E-state index contributed by atoms with van der Waals surface area (Å²) >= 11 is 0. The standard InChI is InChI=1S/C17H23N3O3S/c1-13-5-4-6-16(11-13)24(21,22)20-9-7-19(8-10-20)12-17-14(2)18-23-15(17)3/h4-6,11H,7-10,12H2,1-3H3. The van der Waals surface area contributed by atoms with E-state index in [9.17, 15) is 8.42 Å². The van der Waals surface area contributed by atoms with E-state index in [2.05, 4.69) is 10.1 Å². The second-order valence-corrected chi connectivity index (χ2v) is 8.24. The highest BCUT2D eigenvalue weighted by Crippen LogP contribution is 2.20. The molecule has 0 amide bonds. The normalized spacial score (nSPS) is 17.3. The van der Waals surface area contributed by atoms with Gasteiger partial charge >= 0.3 is 0 Å². The van der Waals surface area contributed by atoms with E-state index in [0.717, 1.165) is 29.1 Å². The number of piperazine rings is 1. The molecule has 2 aromatic rings. The van der Waals surface area contributed by atoms with Crippen molar-refractivity contribution in [3.63, 3.8) is 0 Å². The first-order valence-corrected chi connectivity index (χ1v) is 9.53. The third kappa shape index (κ3) is 3.38. The van der Waals surface area contributed by atoms with Crippen LogP contribution in [0.25, 0.3) is 0 Å². The summed E-state index contributed by atoms with van der Waals surface area (Å²) < 4.78 is 32.3. The fraction of sp³-hybridized carbons (Fsp3) is 0.471. The van der Waals surface area contributed by atoms with Gasteiger partial charge in [-0.15, -0.1) is 0 Å². The molecule has 0 aliphatic carbocycles. The van der Waals surface area contributed by atoms with Crippen molar-refractivity contribution in [3.8, 4) is 0 Å². The minimum absolute atomic E-state index is 0.377. The Hall–Kier alpha value is -1.70. The zero-order valence-electron chi connectivity index (χ0n) is 14.3. The van der Waals surface area contributed by atoms with E-state index >= 15 is 0 Å². The quantitative estimate of drug-likeness (QED) is 0.846. The number of hydrogen-bond donors (Lipinski definition) is 0. The van der Waals surface area contributed by atoms with Gasteiger partial charge in [0.05, 0.1) is 10.6 Å². The summed E-state index contributed by atoms with van der Waals surface area (Å²) in [6, 6.07) is 7.08. The lowest BCUT2D eigenvalue weighted by Crippen LogP contribution is -2.48. The first kappa shape index (κ1) is 17.1. The maximum absolute atomic E-state index is 12.8. The first-order valence-electron chi connectivity index (χ1n) is 8.09. The summed E-state index contributed by atoms with van der Waals surface area (Å²) in [4.78, 5) is 2.62. The van der Waals surface area contributed by atoms with Crippen molar-refractivity contribution < 1.29 is 12.9 Å².